The quantitative estimate of drug-likeness (QED) is 0.658. The third-order valence-corrected chi connectivity index (χ3v) is 5.64. The van der Waals surface area contributed by atoms with Gasteiger partial charge in [0.2, 0.25) is 5.82 Å². The molecule has 1 saturated carbocycles. The lowest BCUT2D eigenvalue weighted by Crippen LogP contribution is -2.44. The average Bonchev–Trinajstić information content (AvgIpc) is 3.35. The van der Waals surface area contributed by atoms with Gasteiger partial charge in [0, 0.05) is 26.1 Å². The van der Waals surface area contributed by atoms with Gasteiger partial charge in [0.1, 0.15) is 11.7 Å². The van der Waals surface area contributed by atoms with Gasteiger partial charge in [-0.05, 0) is 24.5 Å². The summed E-state index contributed by atoms with van der Waals surface area (Å²) in [6, 6.07) is 9.97. The molecule has 1 unspecified atom stereocenters. The van der Waals surface area contributed by atoms with Crippen LogP contribution >= 0.6 is 0 Å². The zero-order chi connectivity index (χ0) is 21.0. The molecule has 1 atom stereocenters. The van der Waals surface area contributed by atoms with Crippen LogP contribution in [-0.2, 0) is 19.8 Å². The van der Waals surface area contributed by atoms with Gasteiger partial charge in [-0.15, -0.1) is 10.2 Å². The second kappa shape index (κ2) is 6.68. The number of aryl methyl sites for hydroxylation is 1. The fourth-order valence-electron chi connectivity index (χ4n) is 4.02. The molecule has 156 valence electrons. The van der Waals surface area contributed by atoms with Crippen molar-refractivity contribution in [3.63, 3.8) is 0 Å². The maximum absolute atomic E-state index is 13.5. The normalized spacial score (nSPS) is 19.1. The molecule has 1 fully saturated rings. The molecule has 2 aliphatic rings. The summed E-state index contributed by atoms with van der Waals surface area (Å²) in [6.45, 7) is 0.0794. The van der Waals surface area contributed by atoms with Crippen LogP contribution in [-0.4, -0.2) is 41.9 Å². The van der Waals surface area contributed by atoms with E-state index in [1.54, 1.807) is 47.0 Å². The fraction of sp³-hybridized carbons (Fsp3) is 0.400. The number of nitrogens with zero attached hydrogens (tertiary/aromatic N) is 6. The Morgan fingerprint density at radius 3 is 2.50 bits per heavy atom. The third-order valence-electron chi connectivity index (χ3n) is 5.64. The molecule has 5 rings (SSSR count). The van der Waals surface area contributed by atoms with Crippen LogP contribution < -0.4 is 0 Å². The Kier molecular flexibility index (Phi) is 4.19. The molecule has 0 saturated heterocycles. The lowest BCUT2D eigenvalue weighted by Gasteiger charge is -2.36. The summed E-state index contributed by atoms with van der Waals surface area (Å²) in [5.41, 5.74) is 1.98. The van der Waals surface area contributed by atoms with E-state index in [9.17, 15) is 18.0 Å². The van der Waals surface area contributed by atoms with Gasteiger partial charge in [-0.1, -0.05) is 30.3 Å². The van der Waals surface area contributed by atoms with E-state index < -0.39 is 18.0 Å². The first kappa shape index (κ1) is 18.8. The molecule has 10 heteroatoms. The van der Waals surface area contributed by atoms with Gasteiger partial charge in [0.15, 0.2) is 5.82 Å². The van der Waals surface area contributed by atoms with Gasteiger partial charge in [-0.25, -0.2) is 0 Å². The maximum Gasteiger partial charge on any atom is 0.451 e. The van der Waals surface area contributed by atoms with Crippen molar-refractivity contribution in [1.29, 1.82) is 0 Å². The Bertz CT molecular complexity index is 1100. The average molecular weight is 416 g/mol. The third kappa shape index (κ3) is 3.06. The number of carbonyl (C=O) groups is 1. The summed E-state index contributed by atoms with van der Waals surface area (Å²) in [6.07, 6.45) is -2.49. The highest BCUT2D eigenvalue weighted by atomic mass is 19.4. The summed E-state index contributed by atoms with van der Waals surface area (Å²) in [7, 11) is 1.71. The molecule has 0 N–H and O–H groups in total. The monoisotopic (exact) mass is 416 g/mol. The number of aromatic nitrogens is 5. The fourth-order valence-corrected chi connectivity index (χ4v) is 4.02. The molecule has 7 nitrogen and oxygen atoms in total. The minimum absolute atomic E-state index is 0.0282. The van der Waals surface area contributed by atoms with E-state index in [2.05, 4.69) is 15.3 Å². The first-order valence-corrected chi connectivity index (χ1v) is 9.74. The highest BCUT2D eigenvalue weighted by Crippen LogP contribution is 2.40. The van der Waals surface area contributed by atoms with Gasteiger partial charge >= 0.3 is 6.18 Å². The smallest absolute Gasteiger partial charge is 0.321 e. The van der Waals surface area contributed by atoms with Crippen molar-refractivity contribution in [1.82, 2.24) is 29.4 Å². The number of hydrogen-bond acceptors (Lipinski definition) is 4. The van der Waals surface area contributed by atoms with Crippen molar-refractivity contribution in [2.24, 2.45) is 7.05 Å². The van der Waals surface area contributed by atoms with Crippen LogP contribution in [0.2, 0.25) is 0 Å². The first-order chi connectivity index (χ1) is 14.3. The van der Waals surface area contributed by atoms with Crippen molar-refractivity contribution in [2.45, 2.75) is 37.5 Å². The van der Waals surface area contributed by atoms with Crippen molar-refractivity contribution in [2.75, 3.05) is 6.54 Å². The van der Waals surface area contributed by atoms with Crippen LogP contribution in [0.5, 0.6) is 0 Å². The number of carbonyl (C=O) groups excluding carboxylic acids is 1. The maximum atomic E-state index is 13.5. The number of hydrogen-bond donors (Lipinski definition) is 0. The van der Waals surface area contributed by atoms with Crippen LogP contribution in [0, 0.1) is 0 Å². The van der Waals surface area contributed by atoms with Crippen LogP contribution in [0.3, 0.4) is 0 Å². The summed E-state index contributed by atoms with van der Waals surface area (Å²) < 4.78 is 42.8. The number of fused-ring (bicyclic) bond motifs is 1. The molecule has 0 bridgehead atoms. The molecule has 0 radical (unpaired) electrons. The SMILES string of the molecule is Cn1nc(C2CC2)cc1C(=O)N1CCn2c(nnc2C(F)(F)F)C1c1ccccc1. The molecular weight excluding hydrogens is 397 g/mol. The number of rotatable bonds is 3. The van der Waals surface area contributed by atoms with Gasteiger partial charge in [0.05, 0.1) is 5.69 Å². The van der Waals surface area contributed by atoms with Crippen molar-refractivity contribution >= 4 is 5.91 Å². The highest BCUT2D eigenvalue weighted by molar-refractivity contribution is 5.93. The zero-order valence-corrected chi connectivity index (χ0v) is 16.2. The Hall–Kier alpha value is -3.17. The molecule has 30 heavy (non-hydrogen) atoms. The van der Waals surface area contributed by atoms with Gasteiger partial charge < -0.3 is 9.47 Å². The van der Waals surface area contributed by atoms with E-state index >= 15 is 0 Å². The number of alkyl halides is 3. The van der Waals surface area contributed by atoms with Gasteiger partial charge in [-0.2, -0.15) is 18.3 Å². The van der Waals surface area contributed by atoms with Crippen molar-refractivity contribution in [3.05, 3.63) is 65.0 Å². The molecule has 1 aliphatic carbocycles. The molecule has 1 aromatic carbocycles. The number of amides is 1. The van der Waals surface area contributed by atoms with E-state index in [1.807, 2.05) is 6.07 Å². The van der Waals surface area contributed by atoms with E-state index in [-0.39, 0.29) is 24.8 Å². The molecular formula is C20H19F3N6O. The topological polar surface area (TPSA) is 68.8 Å². The first-order valence-electron chi connectivity index (χ1n) is 9.74. The molecule has 2 aromatic heterocycles. The second-order valence-corrected chi connectivity index (χ2v) is 7.70. The summed E-state index contributed by atoms with van der Waals surface area (Å²) in [4.78, 5) is 15.0. The predicted molar refractivity (Wildman–Crippen MR) is 99.5 cm³/mol. The minimum atomic E-state index is -4.61. The Balaban J connectivity index is 1.58. The second-order valence-electron chi connectivity index (χ2n) is 7.70. The largest absolute Gasteiger partial charge is 0.451 e. The molecule has 0 spiro atoms. The molecule has 3 aromatic rings. The molecule has 1 amide bonds. The molecule has 3 heterocycles. The van der Waals surface area contributed by atoms with Crippen LogP contribution in [0.15, 0.2) is 36.4 Å². The summed E-state index contributed by atoms with van der Waals surface area (Å²) in [5.74, 6) is -0.824. The van der Waals surface area contributed by atoms with Crippen molar-refractivity contribution < 1.29 is 18.0 Å². The Morgan fingerprint density at radius 1 is 1.10 bits per heavy atom. The Morgan fingerprint density at radius 2 is 1.83 bits per heavy atom. The van der Waals surface area contributed by atoms with E-state index in [0.29, 0.717) is 17.2 Å². The highest BCUT2D eigenvalue weighted by Gasteiger charge is 2.43. The minimum Gasteiger partial charge on any atom is -0.321 e. The van der Waals surface area contributed by atoms with E-state index in [0.717, 1.165) is 23.1 Å². The summed E-state index contributed by atoms with van der Waals surface area (Å²) >= 11 is 0. The van der Waals surface area contributed by atoms with Crippen LogP contribution in [0.1, 0.15) is 58.2 Å². The van der Waals surface area contributed by atoms with Gasteiger partial charge in [0.25, 0.3) is 5.91 Å². The van der Waals surface area contributed by atoms with Crippen LogP contribution in [0.25, 0.3) is 0 Å². The zero-order valence-electron chi connectivity index (χ0n) is 16.2. The van der Waals surface area contributed by atoms with E-state index in [4.69, 9.17) is 0 Å². The number of benzene rings is 1. The van der Waals surface area contributed by atoms with Crippen LogP contribution in [0.4, 0.5) is 13.2 Å². The summed E-state index contributed by atoms with van der Waals surface area (Å²) in [5, 5.41) is 11.7. The Labute approximate surface area is 170 Å². The van der Waals surface area contributed by atoms with Crippen molar-refractivity contribution in [3.8, 4) is 0 Å². The lowest BCUT2D eigenvalue weighted by molar-refractivity contribution is -0.148. The number of halogens is 3. The standard InChI is InChI=1S/C20H19F3N6O/c1-27-15(11-14(26-27)12-7-8-12)18(30)28-9-10-29-17(24-25-19(29)20(21,22)23)16(28)13-5-3-2-4-6-13/h2-6,11-12,16H,7-10H2,1H3. The predicted octanol–water partition coefficient (Wildman–Crippen LogP) is 3.15. The molecule has 1 aliphatic heterocycles. The van der Waals surface area contributed by atoms with Gasteiger partial charge in [-0.3, -0.25) is 9.48 Å². The lowest BCUT2D eigenvalue weighted by atomic mass is 10.0. The van der Waals surface area contributed by atoms with E-state index in [1.165, 1.54) is 0 Å².